The number of benzene rings is 1. The first-order valence-electron chi connectivity index (χ1n) is 8.05. The second-order valence-electron chi connectivity index (χ2n) is 5.32. The van der Waals surface area contributed by atoms with E-state index >= 15 is 0 Å². The standard InChI is InChI=1S/C19H15N5O3/c1-2-26-19(25)15-16(21)23-17(13-6-3-5-12(9-13)10-20)24-18(15)27-14-7-4-8-22-11-14/h3-9,11H,2H2,1H3,(H2,21,23,24). The van der Waals surface area contributed by atoms with E-state index in [0.29, 0.717) is 16.9 Å². The largest absolute Gasteiger partial charge is 0.462 e. The van der Waals surface area contributed by atoms with Crippen LogP contribution in [0.15, 0.2) is 48.8 Å². The first-order valence-corrected chi connectivity index (χ1v) is 8.05. The van der Waals surface area contributed by atoms with Crippen LogP contribution in [0.2, 0.25) is 0 Å². The lowest BCUT2D eigenvalue weighted by Crippen LogP contribution is -2.13. The van der Waals surface area contributed by atoms with Crippen LogP contribution in [0.5, 0.6) is 11.6 Å². The summed E-state index contributed by atoms with van der Waals surface area (Å²) < 4.78 is 10.7. The van der Waals surface area contributed by atoms with Gasteiger partial charge < -0.3 is 15.2 Å². The van der Waals surface area contributed by atoms with Gasteiger partial charge in [0.1, 0.15) is 11.6 Å². The Bertz CT molecular complexity index is 1020. The van der Waals surface area contributed by atoms with E-state index in [1.807, 2.05) is 0 Å². The number of hydrogen-bond acceptors (Lipinski definition) is 8. The zero-order valence-electron chi connectivity index (χ0n) is 14.4. The highest BCUT2D eigenvalue weighted by molar-refractivity contribution is 5.97. The van der Waals surface area contributed by atoms with Crippen molar-refractivity contribution in [1.29, 1.82) is 5.26 Å². The Morgan fingerprint density at radius 3 is 2.81 bits per heavy atom. The van der Waals surface area contributed by atoms with Crippen molar-refractivity contribution >= 4 is 11.8 Å². The van der Waals surface area contributed by atoms with E-state index in [2.05, 4.69) is 21.0 Å². The van der Waals surface area contributed by atoms with Crippen LogP contribution in [0.1, 0.15) is 22.8 Å². The minimum atomic E-state index is -0.689. The third-order valence-corrected chi connectivity index (χ3v) is 3.48. The number of nitrogen functional groups attached to an aromatic ring is 1. The van der Waals surface area contributed by atoms with Crippen molar-refractivity contribution in [3.8, 4) is 29.1 Å². The first-order chi connectivity index (χ1) is 13.1. The van der Waals surface area contributed by atoms with Gasteiger partial charge in [0.2, 0.25) is 5.88 Å². The molecule has 3 rings (SSSR count). The van der Waals surface area contributed by atoms with Crippen LogP contribution >= 0.6 is 0 Å². The summed E-state index contributed by atoms with van der Waals surface area (Å²) in [6, 6.07) is 12.1. The van der Waals surface area contributed by atoms with Crippen LogP contribution in [-0.2, 0) is 4.74 Å². The monoisotopic (exact) mass is 361 g/mol. The number of nitrogens with zero attached hydrogens (tertiary/aromatic N) is 4. The van der Waals surface area contributed by atoms with E-state index in [0.717, 1.165) is 0 Å². The first kappa shape index (κ1) is 17.8. The lowest BCUT2D eigenvalue weighted by atomic mass is 10.1. The van der Waals surface area contributed by atoms with Gasteiger partial charge in [-0.15, -0.1) is 0 Å². The van der Waals surface area contributed by atoms with Crippen molar-refractivity contribution in [2.24, 2.45) is 0 Å². The van der Waals surface area contributed by atoms with Gasteiger partial charge in [0.25, 0.3) is 0 Å². The second-order valence-corrected chi connectivity index (χ2v) is 5.32. The van der Waals surface area contributed by atoms with E-state index in [1.54, 1.807) is 49.5 Å². The van der Waals surface area contributed by atoms with Gasteiger partial charge in [0, 0.05) is 11.8 Å². The van der Waals surface area contributed by atoms with Crippen LogP contribution in [0.3, 0.4) is 0 Å². The SMILES string of the molecule is CCOC(=O)c1c(N)nc(-c2cccc(C#N)c2)nc1Oc1cccnc1. The number of carbonyl (C=O) groups excluding carboxylic acids is 1. The lowest BCUT2D eigenvalue weighted by molar-refractivity contribution is 0.0523. The average Bonchev–Trinajstić information content (AvgIpc) is 2.68. The fourth-order valence-electron chi connectivity index (χ4n) is 2.30. The molecule has 134 valence electrons. The second kappa shape index (κ2) is 7.93. The molecule has 1 aromatic carbocycles. The Morgan fingerprint density at radius 2 is 2.11 bits per heavy atom. The molecule has 0 unspecified atom stereocenters. The van der Waals surface area contributed by atoms with Crippen LogP contribution in [0.25, 0.3) is 11.4 Å². The summed E-state index contributed by atoms with van der Waals surface area (Å²) >= 11 is 0. The fourth-order valence-corrected chi connectivity index (χ4v) is 2.30. The third kappa shape index (κ3) is 3.99. The summed E-state index contributed by atoms with van der Waals surface area (Å²) in [5.74, 6) is -0.230. The van der Waals surface area contributed by atoms with Gasteiger partial charge in [-0.05, 0) is 31.2 Å². The average molecular weight is 361 g/mol. The summed E-state index contributed by atoms with van der Waals surface area (Å²) in [5.41, 5.74) is 6.94. The van der Waals surface area contributed by atoms with E-state index in [9.17, 15) is 4.79 Å². The quantitative estimate of drug-likeness (QED) is 0.688. The highest BCUT2D eigenvalue weighted by Crippen LogP contribution is 2.30. The summed E-state index contributed by atoms with van der Waals surface area (Å²) in [4.78, 5) is 24.8. The minimum Gasteiger partial charge on any atom is -0.462 e. The van der Waals surface area contributed by atoms with Crippen molar-refractivity contribution in [3.63, 3.8) is 0 Å². The molecule has 0 radical (unpaired) electrons. The molecule has 0 aliphatic heterocycles. The topological polar surface area (TPSA) is 124 Å². The molecule has 2 heterocycles. The fraction of sp³-hybridized carbons (Fsp3) is 0.105. The number of anilines is 1. The van der Waals surface area contributed by atoms with Gasteiger partial charge in [0.05, 0.1) is 24.4 Å². The van der Waals surface area contributed by atoms with Crippen LogP contribution < -0.4 is 10.5 Å². The van der Waals surface area contributed by atoms with E-state index in [1.165, 1.54) is 6.20 Å². The molecule has 0 saturated heterocycles. The molecule has 0 bridgehead atoms. The molecule has 0 aliphatic carbocycles. The predicted molar refractivity (Wildman–Crippen MR) is 96.9 cm³/mol. The molecule has 0 fully saturated rings. The minimum absolute atomic E-state index is 0.0497. The number of nitriles is 1. The van der Waals surface area contributed by atoms with Crippen molar-refractivity contribution in [2.45, 2.75) is 6.92 Å². The summed E-state index contributed by atoms with van der Waals surface area (Å²) in [7, 11) is 0. The molecule has 27 heavy (non-hydrogen) atoms. The molecular weight excluding hydrogens is 346 g/mol. The number of rotatable bonds is 5. The van der Waals surface area contributed by atoms with E-state index in [-0.39, 0.29) is 29.7 Å². The molecule has 8 heteroatoms. The molecule has 2 N–H and O–H groups in total. The lowest BCUT2D eigenvalue weighted by Gasteiger charge is -2.13. The van der Waals surface area contributed by atoms with Crippen molar-refractivity contribution in [1.82, 2.24) is 15.0 Å². The number of hydrogen-bond donors (Lipinski definition) is 1. The van der Waals surface area contributed by atoms with Crippen molar-refractivity contribution < 1.29 is 14.3 Å². The Morgan fingerprint density at radius 1 is 1.26 bits per heavy atom. The van der Waals surface area contributed by atoms with E-state index < -0.39 is 5.97 Å². The number of aromatic nitrogens is 3. The summed E-state index contributed by atoms with van der Waals surface area (Å²) in [6.45, 7) is 1.84. The maximum atomic E-state index is 12.3. The predicted octanol–water partition coefficient (Wildman–Crippen LogP) is 2.96. The molecule has 0 aliphatic rings. The Hall–Kier alpha value is -3.99. The third-order valence-electron chi connectivity index (χ3n) is 3.48. The maximum Gasteiger partial charge on any atom is 0.347 e. The van der Waals surface area contributed by atoms with Gasteiger partial charge >= 0.3 is 5.97 Å². The van der Waals surface area contributed by atoms with Crippen LogP contribution in [0.4, 0.5) is 5.82 Å². The van der Waals surface area contributed by atoms with Crippen LogP contribution in [0, 0.1) is 11.3 Å². The maximum absolute atomic E-state index is 12.3. The molecule has 8 nitrogen and oxygen atoms in total. The van der Waals surface area contributed by atoms with Gasteiger partial charge in [-0.3, -0.25) is 4.98 Å². The molecule has 2 aromatic heterocycles. The van der Waals surface area contributed by atoms with Gasteiger partial charge in [0.15, 0.2) is 11.4 Å². The smallest absolute Gasteiger partial charge is 0.347 e. The van der Waals surface area contributed by atoms with Gasteiger partial charge in [-0.2, -0.15) is 10.2 Å². The van der Waals surface area contributed by atoms with Crippen molar-refractivity contribution in [2.75, 3.05) is 12.3 Å². The van der Waals surface area contributed by atoms with Crippen LogP contribution in [-0.4, -0.2) is 27.5 Å². The molecule has 0 atom stereocenters. The number of carbonyl (C=O) groups is 1. The molecule has 0 saturated carbocycles. The van der Waals surface area contributed by atoms with E-state index in [4.69, 9.17) is 20.5 Å². The molecule has 3 aromatic rings. The Balaban J connectivity index is 2.12. The normalized spacial score (nSPS) is 10.1. The van der Waals surface area contributed by atoms with Crippen molar-refractivity contribution in [3.05, 3.63) is 59.9 Å². The molecular formula is C19H15N5O3. The Labute approximate surface area is 155 Å². The number of pyridine rings is 1. The summed E-state index contributed by atoms with van der Waals surface area (Å²) in [6.07, 6.45) is 3.06. The number of nitrogens with two attached hydrogens (primary N) is 1. The number of ether oxygens (including phenoxy) is 2. The van der Waals surface area contributed by atoms with Gasteiger partial charge in [-0.1, -0.05) is 12.1 Å². The zero-order chi connectivity index (χ0) is 19.2. The highest BCUT2D eigenvalue weighted by atomic mass is 16.5. The number of esters is 1. The zero-order valence-corrected chi connectivity index (χ0v) is 14.4. The molecule has 0 amide bonds. The van der Waals surface area contributed by atoms with Gasteiger partial charge in [-0.25, -0.2) is 9.78 Å². The summed E-state index contributed by atoms with van der Waals surface area (Å²) in [5, 5.41) is 9.08. The molecule has 0 spiro atoms. The Kier molecular flexibility index (Phi) is 5.23. The highest BCUT2D eigenvalue weighted by Gasteiger charge is 2.23.